The van der Waals surface area contributed by atoms with Crippen molar-refractivity contribution in [2.24, 2.45) is 0 Å². The number of aryl methyl sites for hydroxylation is 1. The second kappa shape index (κ2) is 9.74. The zero-order valence-corrected chi connectivity index (χ0v) is 15.7. The summed E-state index contributed by atoms with van der Waals surface area (Å²) < 4.78 is 10.8. The average molecular weight is 358 g/mol. The number of hydrogen-bond acceptors (Lipinski definition) is 4. The number of hydrogen-bond donors (Lipinski definition) is 2. The Morgan fingerprint density at radius 2 is 2.08 bits per heavy atom. The van der Waals surface area contributed by atoms with Gasteiger partial charge in [-0.25, -0.2) is 4.79 Å². The molecular weight excluding hydrogens is 330 g/mol. The highest BCUT2D eigenvalue weighted by molar-refractivity contribution is 6.30. The molecule has 1 aromatic carbocycles. The van der Waals surface area contributed by atoms with E-state index in [9.17, 15) is 4.79 Å². The van der Waals surface area contributed by atoms with E-state index in [0.29, 0.717) is 10.8 Å². The number of aliphatic hydroxyl groups is 1. The summed E-state index contributed by atoms with van der Waals surface area (Å²) in [5.74, 6) is 0.670. The standard InChI is InChI=1S/C18H28ClNO4/c1-5-15(20-17(22)24-18(2,3)4)9-7-13-6-8-14(19)12-16(13)23-11-10-21/h6,8,12,15,21H,5,7,9-11H2,1-4H3,(H,20,22)/t15-/m0/s1. The average Bonchev–Trinajstić information content (AvgIpc) is 2.48. The molecule has 0 aliphatic carbocycles. The molecule has 1 atom stereocenters. The van der Waals surface area contributed by atoms with Crippen LogP contribution in [0.2, 0.25) is 5.02 Å². The molecule has 1 aromatic rings. The Kier molecular flexibility index (Phi) is 8.36. The summed E-state index contributed by atoms with van der Waals surface area (Å²) in [5.41, 5.74) is 0.487. The number of aliphatic hydroxyl groups excluding tert-OH is 1. The first-order valence-corrected chi connectivity index (χ1v) is 8.64. The van der Waals surface area contributed by atoms with Gasteiger partial charge in [-0.15, -0.1) is 0 Å². The van der Waals surface area contributed by atoms with Crippen molar-refractivity contribution in [2.75, 3.05) is 13.2 Å². The van der Waals surface area contributed by atoms with Gasteiger partial charge in [-0.3, -0.25) is 0 Å². The highest BCUT2D eigenvalue weighted by Crippen LogP contribution is 2.25. The van der Waals surface area contributed by atoms with Gasteiger partial charge in [0.15, 0.2) is 0 Å². The van der Waals surface area contributed by atoms with Gasteiger partial charge in [0.1, 0.15) is 18.0 Å². The molecule has 0 aromatic heterocycles. The third-order valence-corrected chi connectivity index (χ3v) is 3.59. The van der Waals surface area contributed by atoms with Crippen LogP contribution in [0.15, 0.2) is 18.2 Å². The summed E-state index contributed by atoms with van der Waals surface area (Å²) in [6.07, 6.45) is 1.89. The predicted octanol–water partition coefficient (Wildman–Crippen LogP) is 3.95. The fourth-order valence-corrected chi connectivity index (χ4v) is 2.37. The van der Waals surface area contributed by atoms with Crippen LogP contribution in [0.5, 0.6) is 5.75 Å². The lowest BCUT2D eigenvalue weighted by Crippen LogP contribution is -2.39. The maximum absolute atomic E-state index is 11.9. The molecule has 0 bridgehead atoms. The van der Waals surface area contributed by atoms with Crippen LogP contribution in [0, 0.1) is 0 Å². The van der Waals surface area contributed by atoms with Gasteiger partial charge < -0.3 is 19.9 Å². The number of ether oxygens (including phenoxy) is 2. The fourth-order valence-electron chi connectivity index (χ4n) is 2.21. The van der Waals surface area contributed by atoms with Crippen LogP contribution >= 0.6 is 11.6 Å². The highest BCUT2D eigenvalue weighted by Gasteiger charge is 2.19. The first kappa shape index (κ1) is 20.6. The van der Waals surface area contributed by atoms with Gasteiger partial charge in [-0.1, -0.05) is 24.6 Å². The SMILES string of the molecule is CC[C@@H](CCc1ccc(Cl)cc1OCCO)NC(=O)OC(C)(C)C. The van der Waals surface area contributed by atoms with E-state index in [2.05, 4.69) is 5.32 Å². The maximum Gasteiger partial charge on any atom is 0.407 e. The number of nitrogens with one attached hydrogen (secondary N) is 1. The van der Waals surface area contributed by atoms with Crippen molar-refractivity contribution in [3.63, 3.8) is 0 Å². The second-order valence-corrected chi connectivity index (χ2v) is 7.05. The zero-order chi connectivity index (χ0) is 18.2. The molecule has 0 spiro atoms. The van der Waals surface area contributed by atoms with Gasteiger partial charge in [-0.2, -0.15) is 0 Å². The van der Waals surface area contributed by atoms with Crippen LogP contribution in [-0.4, -0.2) is 36.1 Å². The Bertz CT molecular complexity index is 528. The van der Waals surface area contributed by atoms with Gasteiger partial charge in [0, 0.05) is 11.1 Å². The molecule has 1 amide bonds. The van der Waals surface area contributed by atoms with Crippen LogP contribution in [-0.2, 0) is 11.2 Å². The van der Waals surface area contributed by atoms with Gasteiger partial charge in [0.2, 0.25) is 0 Å². The minimum atomic E-state index is -0.510. The number of benzene rings is 1. The Hall–Kier alpha value is -1.46. The lowest BCUT2D eigenvalue weighted by molar-refractivity contribution is 0.0500. The van der Waals surface area contributed by atoms with Crippen LogP contribution in [0.25, 0.3) is 0 Å². The summed E-state index contributed by atoms with van der Waals surface area (Å²) in [7, 11) is 0. The van der Waals surface area contributed by atoms with Crippen LogP contribution in [0.1, 0.15) is 46.1 Å². The topological polar surface area (TPSA) is 67.8 Å². The largest absolute Gasteiger partial charge is 0.491 e. The van der Waals surface area contributed by atoms with E-state index in [4.69, 9.17) is 26.2 Å². The Morgan fingerprint density at radius 1 is 1.38 bits per heavy atom. The molecule has 0 aliphatic heterocycles. The molecule has 0 radical (unpaired) electrons. The summed E-state index contributed by atoms with van der Waals surface area (Å²) in [5, 5.41) is 12.4. The monoisotopic (exact) mass is 357 g/mol. The first-order chi connectivity index (χ1) is 11.2. The van der Waals surface area contributed by atoms with Crippen molar-refractivity contribution >= 4 is 17.7 Å². The molecule has 0 saturated carbocycles. The summed E-state index contributed by atoms with van der Waals surface area (Å²) >= 11 is 6.00. The van der Waals surface area contributed by atoms with Crippen LogP contribution in [0.3, 0.4) is 0 Å². The van der Waals surface area contributed by atoms with Crippen molar-refractivity contribution in [1.82, 2.24) is 5.32 Å². The van der Waals surface area contributed by atoms with Crippen molar-refractivity contribution < 1.29 is 19.4 Å². The van der Waals surface area contributed by atoms with E-state index >= 15 is 0 Å². The molecule has 136 valence electrons. The number of carbonyl (C=O) groups excluding carboxylic acids is 1. The first-order valence-electron chi connectivity index (χ1n) is 8.26. The third-order valence-electron chi connectivity index (χ3n) is 3.35. The molecule has 0 saturated heterocycles. The number of carbonyl (C=O) groups is 1. The van der Waals surface area contributed by atoms with Gasteiger partial charge >= 0.3 is 6.09 Å². The molecular formula is C18H28ClNO4. The molecule has 24 heavy (non-hydrogen) atoms. The summed E-state index contributed by atoms with van der Waals surface area (Å²) in [6.45, 7) is 7.71. The van der Waals surface area contributed by atoms with Crippen molar-refractivity contribution in [2.45, 2.75) is 58.6 Å². The smallest absolute Gasteiger partial charge is 0.407 e. The molecule has 6 heteroatoms. The minimum Gasteiger partial charge on any atom is -0.491 e. The number of halogens is 1. The summed E-state index contributed by atoms with van der Waals surface area (Å²) in [6, 6.07) is 5.48. The third kappa shape index (κ3) is 7.88. The molecule has 0 fully saturated rings. The lowest BCUT2D eigenvalue weighted by Gasteiger charge is -2.23. The van der Waals surface area contributed by atoms with Gasteiger partial charge in [0.05, 0.1) is 6.61 Å². The fraction of sp³-hybridized carbons (Fsp3) is 0.611. The van der Waals surface area contributed by atoms with Gasteiger partial charge in [-0.05, 0) is 57.7 Å². The predicted molar refractivity (Wildman–Crippen MR) is 95.8 cm³/mol. The van der Waals surface area contributed by atoms with E-state index < -0.39 is 11.7 Å². The van der Waals surface area contributed by atoms with Crippen molar-refractivity contribution in [1.29, 1.82) is 0 Å². The summed E-state index contributed by atoms with van der Waals surface area (Å²) in [4.78, 5) is 11.9. The molecule has 0 aliphatic rings. The molecule has 0 unspecified atom stereocenters. The Morgan fingerprint density at radius 3 is 2.67 bits per heavy atom. The van der Waals surface area contributed by atoms with E-state index in [1.165, 1.54) is 0 Å². The van der Waals surface area contributed by atoms with Crippen molar-refractivity contribution in [3.8, 4) is 5.75 Å². The molecule has 2 N–H and O–H groups in total. The number of rotatable bonds is 8. The lowest BCUT2D eigenvalue weighted by atomic mass is 10.0. The normalized spacial score (nSPS) is 12.6. The Balaban J connectivity index is 2.63. The minimum absolute atomic E-state index is 0.0150. The maximum atomic E-state index is 11.9. The molecule has 1 rings (SSSR count). The van der Waals surface area contributed by atoms with Crippen LogP contribution < -0.4 is 10.1 Å². The van der Waals surface area contributed by atoms with E-state index in [0.717, 1.165) is 24.8 Å². The van der Waals surface area contributed by atoms with E-state index in [1.807, 2.05) is 39.8 Å². The highest BCUT2D eigenvalue weighted by atomic mass is 35.5. The quantitative estimate of drug-likeness (QED) is 0.739. The number of alkyl carbamates (subject to hydrolysis) is 1. The van der Waals surface area contributed by atoms with Gasteiger partial charge in [0.25, 0.3) is 0 Å². The van der Waals surface area contributed by atoms with E-state index in [1.54, 1.807) is 6.07 Å². The zero-order valence-electron chi connectivity index (χ0n) is 14.9. The van der Waals surface area contributed by atoms with Crippen molar-refractivity contribution in [3.05, 3.63) is 28.8 Å². The Labute approximate surface area is 149 Å². The number of amides is 1. The molecule has 5 nitrogen and oxygen atoms in total. The van der Waals surface area contributed by atoms with E-state index in [-0.39, 0.29) is 19.3 Å². The molecule has 0 heterocycles. The second-order valence-electron chi connectivity index (χ2n) is 6.61. The van der Waals surface area contributed by atoms with Crippen LogP contribution in [0.4, 0.5) is 4.79 Å².